The van der Waals surface area contributed by atoms with E-state index in [0.29, 0.717) is 12.1 Å². The highest BCUT2D eigenvalue weighted by Gasteiger charge is 2.18. The van der Waals surface area contributed by atoms with Crippen LogP contribution in [0.5, 0.6) is 0 Å². The normalized spacial score (nSPS) is 12.8. The zero-order chi connectivity index (χ0) is 12.1. The van der Waals surface area contributed by atoms with Gasteiger partial charge in [-0.3, -0.25) is 0 Å². The summed E-state index contributed by atoms with van der Waals surface area (Å²) in [5.41, 5.74) is 5.16. The van der Waals surface area contributed by atoms with Crippen LogP contribution in [0.25, 0.3) is 0 Å². The van der Waals surface area contributed by atoms with Crippen molar-refractivity contribution in [1.29, 1.82) is 0 Å². The largest absolute Gasteiger partial charge is 0.394 e. The van der Waals surface area contributed by atoms with E-state index in [1.807, 2.05) is 0 Å². The maximum absolute atomic E-state index is 13.3. The lowest BCUT2D eigenvalue weighted by atomic mass is 10.1. The van der Waals surface area contributed by atoms with Crippen molar-refractivity contribution < 1.29 is 23.0 Å². The third-order valence-electron chi connectivity index (χ3n) is 2.01. The monoisotopic (exact) mass is 235 g/mol. The summed E-state index contributed by atoms with van der Waals surface area (Å²) in [7, 11) is 0. The molecule has 3 N–H and O–H groups in total. The van der Waals surface area contributed by atoms with Crippen LogP contribution in [0.1, 0.15) is 11.7 Å². The van der Waals surface area contributed by atoms with E-state index < -0.39 is 23.6 Å². The molecular formula is C10H12F3NO2. The zero-order valence-electron chi connectivity index (χ0n) is 8.42. The van der Waals surface area contributed by atoms with Gasteiger partial charge < -0.3 is 15.6 Å². The van der Waals surface area contributed by atoms with Gasteiger partial charge in [0.1, 0.15) is 5.82 Å². The molecule has 0 amide bonds. The van der Waals surface area contributed by atoms with Crippen molar-refractivity contribution in [2.24, 2.45) is 5.73 Å². The van der Waals surface area contributed by atoms with E-state index in [1.165, 1.54) is 0 Å². The topological polar surface area (TPSA) is 55.5 Å². The van der Waals surface area contributed by atoms with Gasteiger partial charge in [-0.2, -0.15) is 0 Å². The average Bonchev–Trinajstić information content (AvgIpc) is 2.26. The van der Waals surface area contributed by atoms with Gasteiger partial charge in [0.2, 0.25) is 0 Å². The van der Waals surface area contributed by atoms with Crippen molar-refractivity contribution in [3.05, 3.63) is 35.1 Å². The molecule has 0 saturated carbocycles. The number of benzene rings is 1. The van der Waals surface area contributed by atoms with Gasteiger partial charge >= 0.3 is 0 Å². The van der Waals surface area contributed by atoms with E-state index in [9.17, 15) is 13.2 Å². The average molecular weight is 235 g/mol. The summed E-state index contributed by atoms with van der Waals surface area (Å²) in [6.45, 7) is -0.413. The Bertz CT molecular complexity index is 360. The first-order valence-electron chi connectivity index (χ1n) is 4.67. The van der Waals surface area contributed by atoms with Gasteiger partial charge in [0.25, 0.3) is 0 Å². The van der Waals surface area contributed by atoms with E-state index in [-0.39, 0.29) is 25.3 Å². The Balaban J connectivity index is 2.95. The third kappa shape index (κ3) is 2.94. The Hall–Kier alpha value is -1.11. The fourth-order valence-electron chi connectivity index (χ4n) is 1.26. The Morgan fingerprint density at radius 1 is 1.19 bits per heavy atom. The quantitative estimate of drug-likeness (QED) is 0.752. The fourth-order valence-corrected chi connectivity index (χ4v) is 1.26. The van der Waals surface area contributed by atoms with Crippen LogP contribution in [0.4, 0.5) is 13.2 Å². The third-order valence-corrected chi connectivity index (χ3v) is 2.01. The molecule has 6 heteroatoms. The molecule has 1 aromatic rings. The number of aliphatic hydroxyl groups is 1. The molecule has 0 saturated heterocycles. The van der Waals surface area contributed by atoms with Crippen LogP contribution in [-0.2, 0) is 4.74 Å². The molecule has 1 unspecified atom stereocenters. The Morgan fingerprint density at radius 3 is 2.38 bits per heavy atom. The van der Waals surface area contributed by atoms with Crippen molar-refractivity contribution in [2.75, 3.05) is 19.8 Å². The summed E-state index contributed by atoms with van der Waals surface area (Å²) in [4.78, 5) is 0. The molecule has 0 fully saturated rings. The molecule has 0 aromatic heterocycles. The highest BCUT2D eigenvalue weighted by molar-refractivity contribution is 5.22. The molecule has 1 rings (SSSR count). The lowest BCUT2D eigenvalue weighted by Gasteiger charge is -2.16. The molecule has 0 radical (unpaired) electrons. The van der Waals surface area contributed by atoms with Crippen molar-refractivity contribution in [2.45, 2.75) is 6.10 Å². The minimum Gasteiger partial charge on any atom is -0.394 e. The molecule has 90 valence electrons. The van der Waals surface area contributed by atoms with E-state index in [2.05, 4.69) is 0 Å². The van der Waals surface area contributed by atoms with Crippen LogP contribution in [0, 0.1) is 17.5 Å². The van der Waals surface area contributed by atoms with Crippen LogP contribution in [0.15, 0.2) is 12.1 Å². The summed E-state index contributed by atoms with van der Waals surface area (Å²) in [5, 5.41) is 8.53. The second kappa shape index (κ2) is 5.83. The number of rotatable bonds is 5. The Kier molecular flexibility index (Phi) is 4.72. The number of halogens is 3. The van der Waals surface area contributed by atoms with E-state index >= 15 is 0 Å². The summed E-state index contributed by atoms with van der Waals surface area (Å²) in [6.07, 6.45) is -0.901. The van der Waals surface area contributed by atoms with Gasteiger partial charge in [0.15, 0.2) is 11.6 Å². The number of aliphatic hydroxyl groups excluding tert-OH is 1. The number of ether oxygens (including phenoxy) is 1. The summed E-state index contributed by atoms with van der Waals surface area (Å²) in [6, 6.07) is 1.15. The van der Waals surface area contributed by atoms with Gasteiger partial charge in [-0.1, -0.05) is 0 Å². The highest BCUT2D eigenvalue weighted by Crippen LogP contribution is 2.22. The van der Waals surface area contributed by atoms with E-state index in [0.717, 1.165) is 0 Å². The smallest absolute Gasteiger partial charge is 0.161 e. The van der Waals surface area contributed by atoms with Gasteiger partial charge in [-0.15, -0.1) is 0 Å². The first-order valence-corrected chi connectivity index (χ1v) is 4.67. The molecule has 0 bridgehead atoms. The molecule has 0 aliphatic carbocycles. The van der Waals surface area contributed by atoms with Gasteiger partial charge in [-0.25, -0.2) is 13.2 Å². The van der Waals surface area contributed by atoms with Crippen molar-refractivity contribution in [3.63, 3.8) is 0 Å². The van der Waals surface area contributed by atoms with E-state index in [1.54, 1.807) is 0 Å². The molecule has 0 aliphatic heterocycles. The Labute approximate surface area is 90.6 Å². The maximum atomic E-state index is 13.3. The number of nitrogens with two attached hydrogens (primary N) is 1. The molecule has 0 spiro atoms. The maximum Gasteiger partial charge on any atom is 0.161 e. The molecule has 3 nitrogen and oxygen atoms in total. The minimum atomic E-state index is -1.26. The van der Waals surface area contributed by atoms with Crippen LogP contribution >= 0.6 is 0 Å². The van der Waals surface area contributed by atoms with Crippen molar-refractivity contribution >= 4 is 0 Å². The molecule has 1 atom stereocenters. The van der Waals surface area contributed by atoms with Gasteiger partial charge in [0.05, 0.1) is 19.3 Å². The predicted octanol–water partition coefficient (Wildman–Crippen LogP) is 1.11. The molecule has 0 heterocycles. The number of hydrogen-bond donors (Lipinski definition) is 2. The standard InChI is InChI=1S/C10H12F3NO2/c11-7-4-9(13)8(12)3-6(7)10(5-14)16-2-1-15/h3-4,10,15H,1-2,5,14H2. The lowest BCUT2D eigenvalue weighted by Crippen LogP contribution is -2.19. The van der Waals surface area contributed by atoms with Crippen molar-refractivity contribution in [1.82, 2.24) is 0 Å². The van der Waals surface area contributed by atoms with Crippen LogP contribution < -0.4 is 5.73 Å². The van der Waals surface area contributed by atoms with Crippen LogP contribution in [-0.4, -0.2) is 24.9 Å². The minimum absolute atomic E-state index is 0.0553. The van der Waals surface area contributed by atoms with Crippen LogP contribution in [0.2, 0.25) is 0 Å². The van der Waals surface area contributed by atoms with Crippen LogP contribution in [0.3, 0.4) is 0 Å². The first kappa shape index (κ1) is 13.0. The number of hydrogen-bond acceptors (Lipinski definition) is 3. The molecule has 16 heavy (non-hydrogen) atoms. The molecule has 0 aliphatic rings. The van der Waals surface area contributed by atoms with Crippen molar-refractivity contribution in [3.8, 4) is 0 Å². The van der Waals surface area contributed by atoms with Gasteiger partial charge in [-0.05, 0) is 6.07 Å². The predicted molar refractivity (Wildman–Crippen MR) is 51.1 cm³/mol. The SMILES string of the molecule is NCC(OCCO)c1cc(F)c(F)cc1F. The second-order valence-electron chi connectivity index (χ2n) is 3.11. The lowest BCUT2D eigenvalue weighted by molar-refractivity contribution is 0.0307. The van der Waals surface area contributed by atoms with Gasteiger partial charge in [0, 0.05) is 18.2 Å². The highest BCUT2D eigenvalue weighted by atomic mass is 19.2. The molecular weight excluding hydrogens is 223 g/mol. The van der Waals surface area contributed by atoms with E-state index in [4.69, 9.17) is 15.6 Å². The fraction of sp³-hybridized carbons (Fsp3) is 0.400. The second-order valence-corrected chi connectivity index (χ2v) is 3.11. The summed E-state index contributed by atoms with van der Waals surface area (Å²) >= 11 is 0. The Morgan fingerprint density at radius 2 is 1.81 bits per heavy atom. The first-order chi connectivity index (χ1) is 7.60. The summed E-state index contributed by atoms with van der Waals surface area (Å²) < 4.78 is 43.8. The molecule has 1 aromatic carbocycles. The zero-order valence-corrected chi connectivity index (χ0v) is 8.42. The summed E-state index contributed by atoms with van der Waals surface area (Å²) in [5.74, 6) is -3.35.